The molecule has 1 unspecified atom stereocenters. The lowest BCUT2D eigenvalue weighted by Gasteiger charge is -2.21. The Balaban J connectivity index is 2.87. The molecule has 24 heavy (non-hydrogen) atoms. The minimum atomic E-state index is 0.334. The molecule has 1 aromatic rings. The van der Waals surface area contributed by atoms with Crippen LogP contribution in [-0.2, 0) is 6.54 Å². The van der Waals surface area contributed by atoms with Crippen LogP contribution in [0.15, 0.2) is 17.1 Å². The van der Waals surface area contributed by atoms with Crippen molar-refractivity contribution in [3.05, 3.63) is 17.7 Å². The van der Waals surface area contributed by atoms with Crippen molar-refractivity contribution in [2.75, 3.05) is 27.9 Å². The fourth-order valence-electron chi connectivity index (χ4n) is 2.09. The van der Waals surface area contributed by atoms with E-state index in [1.165, 1.54) is 0 Å². The number of nitrogens with one attached hydrogen (secondary N) is 2. The Bertz CT molecular complexity index is 519. The molecular weight excluding hydrogens is 306 g/mol. The third-order valence-corrected chi connectivity index (χ3v) is 3.86. The van der Waals surface area contributed by atoms with Crippen molar-refractivity contribution in [3.63, 3.8) is 0 Å². The molecule has 2 N–H and O–H groups in total. The van der Waals surface area contributed by atoms with Gasteiger partial charge in [-0.1, -0.05) is 13.8 Å². The Morgan fingerprint density at radius 2 is 1.71 bits per heavy atom. The normalized spacial score (nSPS) is 12.8. The summed E-state index contributed by atoms with van der Waals surface area (Å²) < 4.78 is 16.5. The maximum atomic E-state index is 5.62. The van der Waals surface area contributed by atoms with Crippen molar-refractivity contribution in [3.8, 4) is 17.2 Å². The van der Waals surface area contributed by atoms with E-state index in [2.05, 4.69) is 36.4 Å². The van der Waals surface area contributed by atoms with Crippen molar-refractivity contribution in [2.45, 2.75) is 40.3 Å². The zero-order valence-corrected chi connectivity index (χ0v) is 15.9. The van der Waals surface area contributed by atoms with Crippen molar-refractivity contribution in [1.82, 2.24) is 10.6 Å². The second kappa shape index (κ2) is 9.90. The topological polar surface area (TPSA) is 64.1 Å². The van der Waals surface area contributed by atoms with Gasteiger partial charge in [-0.05, 0) is 37.5 Å². The van der Waals surface area contributed by atoms with Gasteiger partial charge in [-0.25, -0.2) is 0 Å². The molecule has 136 valence electrons. The molecule has 6 heteroatoms. The lowest BCUT2D eigenvalue weighted by atomic mass is 10.1. The Kier molecular flexibility index (Phi) is 8.22. The average molecular weight is 337 g/mol. The van der Waals surface area contributed by atoms with Crippen LogP contribution in [-0.4, -0.2) is 39.9 Å². The molecule has 0 saturated heterocycles. The second-order valence-corrected chi connectivity index (χ2v) is 5.87. The summed E-state index contributed by atoms with van der Waals surface area (Å²) in [5.74, 6) is 3.23. The molecule has 6 nitrogen and oxygen atoms in total. The van der Waals surface area contributed by atoms with E-state index < -0.39 is 0 Å². The molecule has 0 bridgehead atoms. The SMILES string of the molecule is CCOc1c(OC)cc(CNC(=NC)NC(C)C(C)C)cc1OC. The zero-order valence-electron chi connectivity index (χ0n) is 15.9. The van der Waals surface area contributed by atoms with E-state index in [0.29, 0.717) is 42.4 Å². The van der Waals surface area contributed by atoms with Gasteiger partial charge in [0.05, 0.1) is 20.8 Å². The van der Waals surface area contributed by atoms with Crippen LogP contribution >= 0.6 is 0 Å². The fourth-order valence-corrected chi connectivity index (χ4v) is 2.09. The maximum Gasteiger partial charge on any atom is 0.203 e. The highest BCUT2D eigenvalue weighted by Gasteiger charge is 2.14. The highest BCUT2D eigenvalue weighted by Crippen LogP contribution is 2.38. The largest absolute Gasteiger partial charge is 0.493 e. The molecule has 1 rings (SSSR count). The number of ether oxygens (including phenoxy) is 3. The third kappa shape index (κ3) is 5.51. The molecule has 1 aromatic carbocycles. The molecule has 0 fully saturated rings. The first-order valence-corrected chi connectivity index (χ1v) is 8.31. The van der Waals surface area contributed by atoms with Crippen LogP contribution in [0.2, 0.25) is 0 Å². The van der Waals surface area contributed by atoms with Crippen LogP contribution in [0, 0.1) is 5.92 Å². The smallest absolute Gasteiger partial charge is 0.203 e. The quantitative estimate of drug-likeness (QED) is 0.564. The summed E-state index contributed by atoms with van der Waals surface area (Å²) in [6, 6.07) is 4.22. The van der Waals surface area contributed by atoms with Gasteiger partial charge in [-0.3, -0.25) is 4.99 Å². The van der Waals surface area contributed by atoms with E-state index in [9.17, 15) is 0 Å². The molecule has 0 saturated carbocycles. The van der Waals surface area contributed by atoms with E-state index in [4.69, 9.17) is 14.2 Å². The number of aliphatic imine (C=N–C) groups is 1. The number of methoxy groups -OCH3 is 2. The summed E-state index contributed by atoms with van der Waals surface area (Å²) >= 11 is 0. The first kappa shape index (κ1) is 19.9. The van der Waals surface area contributed by atoms with Gasteiger partial charge >= 0.3 is 0 Å². The van der Waals surface area contributed by atoms with Crippen LogP contribution in [0.1, 0.15) is 33.3 Å². The van der Waals surface area contributed by atoms with Gasteiger partial charge in [-0.2, -0.15) is 0 Å². The number of benzene rings is 1. The monoisotopic (exact) mass is 337 g/mol. The molecule has 0 spiro atoms. The fraction of sp³-hybridized carbons (Fsp3) is 0.611. The van der Waals surface area contributed by atoms with Gasteiger partial charge in [0.15, 0.2) is 17.5 Å². The molecule has 0 amide bonds. The van der Waals surface area contributed by atoms with E-state index >= 15 is 0 Å². The van der Waals surface area contributed by atoms with Gasteiger partial charge in [0.2, 0.25) is 5.75 Å². The van der Waals surface area contributed by atoms with Crippen LogP contribution in [0.25, 0.3) is 0 Å². The molecule has 0 aliphatic carbocycles. The van der Waals surface area contributed by atoms with Crippen molar-refractivity contribution < 1.29 is 14.2 Å². The first-order valence-electron chi connectivity index (χ1n) is 8.31. The van der Waals surface area contributed by atoms with Gasteiger partial charge in [0.1, 0.15) is 0 Å². The molecule has 0 aliphatic rings. The zero-order chi connectivity index (χ0) is 18.1. The Morgan fingerprint density at radius 3 is 2.12 bits per heavy atom. The molecule has 1 atom stereocenters. The van der Waals surface area contributed by atoms with Gasteiger partial charge in [-0.15, -0.1) is 0 Å². The van der Waals surface area contributed by atoms with Crippen LogP contribution < -0.4 is 24.8 Å². The van der Waals surface area contributed by atoms with Gasteiger partial charge in [0.25, 0.3) is 0 Å². The summed E-state index contributed by atoms with van der Waals surface area (Å²) in [7, 11) is 5.01. The number of rotatable bonds is 8. The van der Waals surface area contributed by atoms with Gasteiger partial charge < -0.3 is 24.8 Å². The van der Waals surface area contributed by atoms with Crippen molar-refractivity contribution in [1.29, 1.82) is 0 Å². The molecule has 0 heterocycles. The Labute approximate surface area is 145 Å². The predicted molar refractivity (Wildman–Crippen MR) is 98.3 cm³/mol. The lowest BCUT2D eigenvalue weighted by Crippen LogP contribution is -2.43. The number of nitrogens with zero attached hydrogens (tertiary/aromatic N) is 1. The van der Waals surface area contributed by atoms with Crippen molar-refractivity contribution in [2.24, 2.45) is 10.9 Å². The minimum Gasteiger partial charge on any atom is -0.493 e. The number of hydrogen-bond acceptors (Lipinski definition) is 4. The maximum absolute atomic E-state index is 5.62. The van der Waals surface area contributed by atoms with Crippen LogP contribution in [0.4, 0.5) is 0 Å². The minimum absolute atomic E-state index is 0.334. The van der Waals surface area contributed by atoms with Crippen LogP contribution in [0.3, 0.4) is 0 Å². The van der Waals surface area contributed by atoms with E-state index in [-0.39, 0.29) is 0 Å². The highest BCUT2D eigenvalue weighted by atomic mass is 16.5. The predicted octanol–water partition coefficient (Wildman–Crippen LogP) is 2.81. The third-order valence-electron chi connectivity index (χ3n) is 3.86. The molecule has 0 aromatic heterocycles. The lowest BCUT2D eigenvalue weighted by molar-refractivity contribution is 0.288. The first-order chi connectivity index (χ1) is 11.5. The number of guanidine groups is 1. The summed E-state index contributed by atoms with van der Waals surface area (Å²) in [5, 5.41) is 6.69. The van der Waals surface area contributed by atoms with Crippen molar-refractivity contribution >= 4 is 5.96 Å². The summed E-state index contributed by atoms with van der Waals surface area (Å²) in [5.41, 5.74) is 1.02. The standard InChI is InChI=1S/C18H31N3O3/c1-8-24-17-15(22-6)9-14(10-16(17)23-7)11-20-18(19-5)21-13(4)12(2)3/h9-10,12-13H,8,11H2,1-7H3,(H2,19,20,21). The number of hydrogen-bond donors (Lipinski definition) is 2. The summed E-state index contributed by atoms with van der Waals surface area (Å²) in [6.45, 7) is 9.57. The molecule has 0 radical (unpaired) electrons. The molecular formula is C18H31N3O3. The Morgan fingerprint density at radius 1 is 1.12 bits per heavy atom. The summed E-state index contributed by atoms with van der Waals surface area (Å²) in [6.07, 6.45) is 0. The van der Waals surface area contributed by atoms with Crippen LogP contribution in [0.5, 0.6) is 17.2 Å². The second-order valence-electron chi connectivity index (χ2n) is 5.87. The highest BCUT2D eigenvalue weighted by molar-refractivity contribution is 5.80. The average Bonchev–Trinajstić information content (AvgIpc) is 2.58. The van der Waals surface area contributed by atoms with E-state index in [1.54, 1.807) is 21.3 Å². The van der Waals surface area contributed by atoms with E-state index in [1.807, 2.05) is 19.1 Å². The summed E-state index contributed by atoms with van der Waals surface area (Å²) in [4.78, 5) is 4.26. The molecule has 0 aliphatic heterocycles. The van der Waals surface area contributed by atoms with Gasteiger partial charge in [0, 0.05) is 19.6 Å². The van der Waals surface area contributed by atoms with E-state index in [0.717, 1.165) is 11.5 Å². The Hall–Kier alpha value is -2.11.